The Bertz CT molecular complexity index is 585. The van der Waals surface area contributed by atoms with Gasteiger partial charge in [0, 0.05) is 6.20 Å². The van der Waals surface area contributed by atoms with Crippen LogP contribution in [0.5, 0.6) is 0 Å². The zero-order valence-corrected chi connectivity index (χ0v) is 11.2. The maximum atomic E-state index is 12.1. The van der Waals surface area contributed by atoms with Crippen LogP contribution in [0.1, 0.15) is 48.3 Å². The Morgan fingerprint density at radius 3 is 2.83 bits per heavy atom. The normalized spacial score (nSPS) is 11.2. The lowest BCUT2D eigenvalue weighted by Gasteiger charge is -2.05. The molecule has 0 fully saturated rings. The van der Waals surface area contributed by atoms with Crippen molar-refractivity contribution in [3.8, 4) is 0 Å². The van der Waals surface area contributed by atoms with Crippen molar-refractivity contribution in [1.82, 2.24) is 9.61 Å². The lowest BCUT2D eigenvalue weighted by atomic mass is 10.0. The molecule has 2 aromatic rings. The van der Waals surface area contributed by atoms with Crippen LogP contribution in [0.25, 0.3) is 5.52 Å². The summed E-state index contributed by atoms with van der Waals surface area (Å²) in [5.41, 5.74) is 3.30. The van der Waals surface area contributed by atoms with Gasteiger partial charge in [0.05, 0.1) is 17.8 Å². The van der Waals surface area contributed by atoms with Gasteiger partial charge in [-0.3, -0.25) is 0 Å². The van der Waals surface area contributed by atoms with Gasteiger partial charge in [-0.2, -0.15) is 5.10 Å². The second-order valence-electron chi connectivity index (χ2n) is 4.67. The first-order chi connectivity index (χ1) is 8.54. The first-order valence-corrected chi connectivity index (χ1v) is 6.20. The third-order valence-corrected chi connectivity index (χ3v) is 2.84. The molecule has 0 spiro atoms. The Balaban J connectivity index is 2.68. The molecule has 18 heavy (non-hydrogen) atoms. The molecule has 0 atom stereocenters. The highest BCUT2D eigenvalue weighted by Crippen LogP contribution is 2.24. The van der Waals surface area contributed by atoms with Gasteiger partial charge in [-0.05, 0) is 37.5 Å². The zero-order valence-electron chi connectivity index (χ0n) is 11.2. The summed E-state index contributed by atoms with van der Waals surface area (Å²) in [4.78, 5) is 12.1. The lowest BCUT2D eigenvalue weighted by molar-refractivity contribution is 0.0527. The molecule has 0 aliphatic carbocycles. The molecule has 0 aliphatic heterocycles. The van der Waals surface area contributed by atoms with E-state index < -0.39 is 0 Å². The molecule has 0 aromatic carbocycles. The number of aryl methyl sites for hydroxylation is 1. The van der Waals surface area contributed by atoms with E-state index in [1.54, 1.807) is 4.52 Å². The van der Waals surface area contributed by atoms with Crippen LogP contribution >= 0.6 is 0 Å². The fraction of sp³-hybridized carbons (Fsp3) is 0.429. The van der Waals surface area contributed by atoms with Gasteiger partial charge in [0.15, 0.2) is 0 Å². The molecule has 2 rings (SSSR count). The third-order valence-electron chi connectivity index (χ3n) is 2.84. The molecule has 0 bridgehead atoms. The van der Waals surface area contributed by atoms with Crippen molar-refractivity contribution in [2.24, 2.45) is 0 Å². The monoisotopic (exact) mass is 246 g/mol. The quantitative estimate of drug-likeness (QED) is 0.782. The molecule has 0 radical (unpaired) electrons. The number of pyridine rings is 1. The Morgan fingerprint density at radius 1 is 1.50 bits per heavy atom. The number of carbonyl (C=O) groups excluding carboxylic acids is 1. The SMILES string of the molecule is CCOC(=O)c1c(C(C)C)nn2ccc(C)cc12. The molecule has 0 unspecified atom stereocenters. The Kier molecular flexibility index (Phi) is 3.36. The number of rotatable bonds is 3. The van der Waals surface area contributed by atoms with E-state index >= 15 is 0 Å². The summed E-state index contributed by atoms with van der Waals surface area (Å²) in [5, 5.41) is 4.47. The highest BCUT2D eigenvalue weighted by atomic mass is 16.5. The maximum absolute atomic E-state index is 12.1. The van der Waals surface area contributed by atoms with Crippen LogP contribution in [0, 0.1) is 6.92 Å². The van der Waals surface area contributed by atoms with Crippen molar-refractivity contribution in [3.63, 3.8) is 0 Å². The summed E-state index contributed by atoms with van der Waals surface area (Å²) in [6.07, 6.45) is 1.87. The van der Waals surface area contributed by atoms with E-state index in [-0.39, 0.29) is 11.9 Å². The summed E-state index contributed by atoms with van der Waals surface area (Å²) < 4.78 is 6.88. The minimum Gasteiger partial charge on any atom is -0.462 e. The van der Waals surface area contributed by atoms with Crippen molar-refractivity contribution < 1.29 is 9.53 Å². The standard InChI is InChI=1S/C14H18N2O2/c1-5-18-14(17)12-11-8-10(4)6-7-16(11)15-13(12)9(2)3/h6-9H,5H2,1-4H3. The highest BCUT2D eigenvalue weighted by Gasteiger charge is 2.22. The van der Waals surface area contributed by atoms with Gasteiger partial charge >= 0.3 is 5.97 Å². The number of nitrogens with zero attached hydrogens (tertiary/aromatic N) is 2. The van der Waals surface area contributed by atoms with E-state index in [0.717, 1.165) is 16.8 Å². The minimum atomic E-state index is -0.290. The van der Waals surface area contributed by atoms with E-state index in [0.29, 0.717) is 12.2 Å². The lowest BCUT2D eigenvalue weighted by Crippen LogP contribution is -2.08. The van der Waals surface area contributed by atoms with Crippen molar-refractivity contribution in [2.75, 3.05) is 6.61 Å². The largest absolute Gasteiger partial charge is 0.462 e. The molecule has 0 N–H and O–H groups in total. The number of carbonyl (C=O) groups is 1. The molecule has 0 saturated heterocycles. The average molecular weight is 246 g/mol. The van der Waals surface area contributed by atoms with Gasteiger partial charge in [-0.15, -0.1) is 0 Å². The van der Waals surface area contributed by atoms with Gasteiger partial charge in [0.1, 0.15) is 5.56 Å². The van der Waals surface area contributed by atoms with Crippen molar-refractivity contribution in [2.45, 2.75) is 33.6 Å². The molecule has 96 valence electrons. The van der Waals surface area contributed by atoms with Gasteiger partial charge in [-0.1, -0.05) is 13.8 Å². The summed E-state index contributed by atoms with van der Waals surface area (Å²) >= 11 is 0. The summed E-state index contributed by atoms with van der Waals surface area (Å²) in [6.45, 7) is 8.23. The topological polar surface area (TPSA) is 43.6 Å². The summed E-state index contributed by atoms with van der Waals surface area (Å²) in [6, 6.07) is 3.93. The van der Waals surface area contributed by atoms with Crippen LogP contribution in [-0.4, -0.2) is 22.2 Å². The fourth-order valence-electron chi connectivity index (χ4n) is 1.99. The molecule has 4 nitrogen and oxygen atoms in total. The van der Waals surface area contributed by atoms with Crippen molar-refractivity contribution in [3.05, 3.63) is 35.2 Å². The smallest absolute Gasteiger partial charge is 0.342 e. The first-order valence-electron chi connectivity index (χ1n) is 6.20. The zero-order chi connectivity index (χ0) is 13.3. The van der Waals surface area contributed by atoms with E-state index in [1.165, 1.54) is 0 Å². The van der Waals surface area contributed by atoms with Gasteiger partial charge in [-0.25, -0.2) is 9.31 Å². The molecule has 2 aromatic heterocycles. The second kappa shape index (κ2) is 4.80. The van der Waals surface area contributed by atoms with Crippen molar-refractivity contribution in [1.29, 1.82) is 0 Å². The average Bonchev–Trinajstić information content (AvgIpc) is 2.67. The predicted molar refractivity (Wildman–Crippen MR) is 70.0 cm³/mol. The van der Waals surface area contributed by atoms with E-state index in [9.17, 15) is 4.79 Å². The molecule has 0 amide bonds. The molecular formula is C14H18N2O2. The van der Waals surface area contributed by atoms with Crippen LogP contribution in [0.4, 0.5) is 0 Å². The summed E-state index contributed by atoms with van der Waals surface area (Å²) in [7, 11) is 0. The molecule has 4 heteroatoms. The maximum Gasteiger partial charge on any atom is 0.342 e. The number of ether oxygens (including phenoxy) is 1. The fourth-order valence-corrected chi connectivity index (χ4v) is 1.99. The second-order valence-corrected chi connectivity index (χ2v) is 4.67. The minimum absolute atomic E-state index is 0.185. The van der Waals surface area contributed by atoms with E-state index in [2.05, 4.69) is 5.10 Å². The van der Waals surface area contributed by atoms with Crippen LogP contribution in [0.15, 0.2) is 18.3 Å². The van der Waals surface area contributed by atoms with Gasteiger partial charge < -0.3 is 4.74 Å². The summed E-state index contributed by atoms with van der Waals surface area (Å²) in [5.74, 6) is -0.105. The highest BCUT2D eigenvalue weighted by molar-refractivity contribution is 5.98. The van der Waals surface area contributed by atoms with Crippen molar-refractivity contribution >= 4 is 11.5 Å². The Morgan fingerprint density at radius 2 is 2.22 bits per heavy atom. The van der Waals surface area contributed by atoms with Crippen LogP contribution < -0.4 is 0 Å². The van der Waals surface area contributed by atoms with E-state index in [1.807, 2.05) is 46.0 Å². The molecule has 0 aliphatic rings. The van der Waals surface area contributed by atoms with Crippen LogP contribution in [-0.2, 0) is 4.74 Å². The molecule has 2 heterocycles. The van der Waals surface area contributed by atoms with Gasteiger partial charge in [0.2, 0.25) is 0 Å². The number of esters is 1. The van der Waals surface area contributed by atoms with E-state index in [4.69, 9.17) is 4.74 Å². The Labute approximate surface area is 107 Å². The molecular weight excluding hydrogens is 228 g/mol. The number of hydrogen-bond acceptors (Lipinski definition) is 3. The predicted octanol–water partition coefficient (Wildman–Crippen LogP) is 2.94. The van der Waals surface area contributed by atoms with Gasteiger partial charge in [0.25, 0.3) is 0 Å². The number of hydrogen-bond donors (Lipinski definition) is 0. The molecule has 0 saturated carbocycles. The first kappa shape index (κ1) is 12.6. The number of aromatic nitrogens is 2. The number of fused-ring (bicyclic) bond motifs is 1. The van der Waals surface area contributed by atoms with Crippen LogP contribution in [0.2, 0.25) is 0 Å². The van der Waals surface area contributed by atoms with Crippen LogP contribution in [0.3, 0.4) is 0 Å². The third kappa shape index (κ3) is 2.10. The Hall–Kier alpha value is -1.84.